The molecule has 2 nitrogen and oxygen atoms in total. The summed E-state index contributed by atoms with van der Waals surface area (Å²) in [5.41, 5.74) is 7.30. The van der Waals surface area contributed by atoms with Crippen LogP contribution in [0.2, 0.25) is 0 Å². The molecule has 2 rings (SSSR count). The molecule has 1 atom stereocenters. The Bertz CT molecular complexity index is 514. The van der Waals surface area contributed by atoms with E-state index in [0.29, 0.717) is 12.0 Å². The first-order chi connectivity index (χ1) is 8.15. The third-order valence-electron chi connectivity index (χ3n) is 2.50. The smallest absolute Gasteiger partial charge is 0.141 e. The minimum Gasteiger partial charge on any atom is -0.324 e. The standard InChI is InChI=1S/C13H12F2N2/c14-11-3-1-2-9(4-11)5-13(16)10-6-12(15)8-17-7-10/h1-4,6-8,13H,5,16H2. The van der Waals surface area contributed by atoms with Crippen molar-refractivity contribution in [3.8, 4) is 0 Å². The molecule has 1 aromatic carbocycles. The van der Waals surface area contributed by atoms with Crippen LogP contribution in [0.3, 0.4) is 0 Å². The fourth-order valence-electron chi connectivity index (χ4n) is 1.67. The summed E-state index contributed by atoms with van der Waals surface area (Å²) in [7, 11) is 0. The molecule has 0 fully saturated rings. The quantitative estimate of drug-likeness (QED) is 0.886. The summed E-state index contributed by atoms with van der Waals surface area (Å²) < 4.78 is 25.9. The van der Waals surface area contributed by atoms with E-state index in [0.717, 1.165) is 11.8 Å². The highest BCUT2D eigenvalue weighted by atomic mass is 19.1. The number of hydrogen-bond donors (Lipinski definition) is 1. The number of benzene rings is 1. The molecule has 88 valence electrons. The van der Waals surface area contributed by atoms with E-state index in [4.69, 9.17) is 5.73 Å². The van der Waals surface area contributed by atoms with Crippen LogP contribution < -0.4 is 5.73 Å². The van der Waals surface area contributed by atoms with Crippen LogP contribution >= 0.6 is 0 Å². The van der Waals surface area contributed by atoms with Gasteiger partial charge in [0.15, 0.2) is 0 Å². The lowest BCUT2D eigenvalue weighted by atomic mass is 10.0. The van der Waals surface area contributed by atoms with Gasteiger partial charge in [0.05, 0.1) is 6.20 Å². The highest BCUT2D eigenvalue weighted by Crippen LogP contribution is 2.16. The van der Waals surface area contributed by atoms with Gasteiger partial charge in [-0.05, 0) is 35.7 Å². The molecule has 0 aliphatic carbocycles. The Balaban J connectivity index is 2.14. The number of rotatable bonds is 3. The zero-order valence-corrected chi connectivity index (χ0v) is 9.11. The van der Waals surface area contributed by atoms with Gasteiger partial charge in [-0.3, -0.25) is 4.98 Å². The molecule has 0 bridgehead atoms. The second kappa shape index (κ2) is 5.01. The SMILES string of the molecule is NC(Cc1cccc(F)c1)c1cncc(F)c1. The number of pyridine rings is 1. The van der Waals surface area contributed by atoms with Crippen molar-refractivity contribution in [2.24, 2.45) is 5.73 Å². The van der Waals surface area contributed by atoms with E-state index in [-0.39, 0.29) is 11.9 Å². The maximum atomic E-state index is 13.0. The monoisotopic (exact) mass is 234 g/mol. The van der Waals surface area contributed by atoms with Crippen molar-refractivity contribution in [2.75, 3.05) is 0 Å². The second-order valence-corrected chi connectivity index (χ2v) is 3.88. The van der Waals surface area contributed by atoms with Crippen molar-refractivity contribution in [3.05, 3.63) is 65.5 Å². The zero-order valence-electron chi connectivity index (χ0n) is 9.11. The van der Waals surface area contributed by atoms with E-state index in [1.165, 1.54) is 24.4 Å². The molecule has 4 heteroatoms. The van der Waals surface area contributed by atoms with Crippen molar-refractivity contribution >= 4 is 0 Å². The summed E-state index contributed by atoms with van der Waals surface area (Å²) in [5, 5.41) is 0. The molecule has 2 aromatic rings. The Hall–Kier alpha value is -1.81. The van der Waals surface area contributed by atoms with Crippen molar-refractivity contribution in [2.45, 2.75) is 12.5 Å². The molecule has 17 heavy (non-hydrogen) atoms. The van der Waals surface area contributed by atoms with Gasteiger partial charge in [0.25, 0.3) is 0 Å². The van der Waals surface area contributed by atoms with Crippen molar-refractivity contribution in [1.82, 2.24) is 4.98 Å². The summed E-state index contributed by atoms with van der Waals surface area (Å²) >= 11 is 0. The fourth-order valence-corrected chi connectivity index (χ4v) is 1.67. The lowest BCUT2D eigenvalue weighted by Crippen LogP contribution is -2.14. The lowest BCUT2D eigenvalue weighted by molar-refractivity contribution is 0.607. The predicted octanol–water partition coefficient (Wildman–Crippen LogP) is 2.60. The minimum absolute atomic E-state index is 0.299. The van der Waals surface area contributed by atoms with Gasteiger partial charge in [-0.25, -0.2) is 8.78 Å². The van der Waals surface area contributed by atoms with Gasteiger partial charge in [0.1, 0.15) is 11.6 Å². The summed E-state index contributed by atoms with van der Waals surface area (Å²) in [5.74, 6) is -0.718. The van der Waals surface area contributed by atoms with Gasteiger partial charge < -0.3 is 5.73 Å². The zero-order chi connectivity index (χ0) is 12.3. The molecule has 0 saturated carbocycles. The van der Waals surface area contributed by atoms with Crippen LogP contribution in [0.1, 0.15) is 17.2 Å². The Kier molecular flexibility index (Phi) is 3.44. The first kappa shape index (κ1) is 11.7. The van der Waals surface area contributed by atoms with Gasteiger partial charge in [0, 0.05) is 12.2 Å². The molecule has 1 unspecified atom stereocenters. The first-order valence-electron chi connectivity index (χ1n) is 5.25. The molecule has 0 radical (unpaired) electrons. The molecule has 0 amide bonds. The van der Waals surface area contributed by atoms with Crippen LogP contribution in [0.25, 0.3) is 0 Å². The maximum absolute atomic E-state index is 13.0. The van der Waals surface area contributed by atoms with Gasteiger partial charge in [-0.1, -0.05) is 12.1 Å². The van der Waals surface area contributed by atoms with E-state index in [1.807, 2.05) is 0 Å². The number of halogens is 2. The van der Waals surface area contributed by atoms with Crippen LogP contribution in [0, 0.1) is 11.6 Å². The Morgan fingerprint density at radius 2 is 1.94 bits per heavy atom. The number of nitrogens with two attached hydrogens (primary N) is 1. The number of nitrogens with zero attached hydrogens (tertiary/aromatic N) is 1. The van der Waals surface area contributed by atoms with Crippen LogP contribution in [-0.2, 0) is 6.42 Å². The van der Waals surface area contributed by atoms with Crippen LogP contribution in [-0.4, -0.2) is 4.98 Å². The third kappa shape index (κ3) is 3.07. The van der Waals surface area contributed by atoms with E-state index in [1.54, 1.807) is 12.1 Å². The van der Waals surface area contributed by atoms with Gasteiger partial charge in [-0.15, -0.1) is 0 Å². The lowest BCUT2D eigenvalue weighted by Gasteiger charge is -2.11. The van der Waals surface area contributed by atoms with Crippen LogP contribution in [0.5, 0.6) is 0 Å². The summed E-state index contributed by atoms with van der Waals surface area (Å²) in [6.45, 7) is 0. The Morgan fingerprint density at radius 3 is 2.65 bits per heavy atom. The molecule has 0 aliphatic heterocycles. The topological polar surface area (TPSA) is 38.9 Å². The molecule has 1 aromatic heterocycles. The summed E-state index contributed by atoms with van der Waals surface area (Å²) in [4.78, 5) is 3.74. The molecule has 0 aliphatic rings. The van der Waals surface area contributed by atoms with Gasteiger partial charge >= 0.3 is 0 Å². The van der Waals surface area contributed by atoms with E-state index in [2.05, 4.69) is 4.98 Å². The Labute approximate surface area is 98.1 Å². The summed E-state index contributed by atoms with van der Waals surface area (Å²) in [6, 6.07) is 7.17. The average Bonchev–Trinajstić information content (AvgIpc) is 2.29. The van der Waals surface area contributed by atoms with Gasteiger partial charge in [0.2, 0.25) is 0 Å². The molecule has 0 saturated heterocycles. The largest absolute Gasteiger partial charge is 0.324 e. The van der Waals surface area contributed by atoms with Crippen molar-refractivity contribution in [1.29, 1.82) is 0 Å². The van der Waals surface area contributed by atoms with E-state index >= 15 is 0 Å². The number of hydrogen-bond acceptors (Lipinski definition) is 2. The van der Waals surface area contributed by atoms with E-state index in [9.17, 15) is 8.78 Å². The van der Waals surface area contributed by atoms with Crippen molar-refractivity contribution in [3.63, 3.8) is 0 Å². The minimum atomic E-state index is -0.419. The Morgan fingerprint density at radius 1 is 1.12 bits per heavy atom. The number of aromatic nitrogens is 1. The molecule has 2 N–H and O–H groups in total. The second-order valence-electron chi connectivity index (χ2n) is 3.88. The predicted molar refractivity (Wildman–Crippen MR) is 61.2 cm³/mol. The van der Waals surface area contributed by atoms with E-state index < -0.39 is 5.82 Å². The third-order valence-corrected chi connectivity index (χ3v) is 2.50. The maximum Gasteiger partial charge on any atom is 0.141 e. The normalized spacial score (nSPS) is 12.4. The molecule has 1 heterocycles. The van der Waals surface area contributed by atoms with Gasteiger partial charge in [-0.2, -0.15) is 0 Å². The highest BCUT2D eigenvalue weighted by Gasteiger charge is 2.08. The summed E-state index contributed by atoms with van der Waals surface area (Å²) in [6.07, 6.45) is 3.09. The molecule has 0 spiro atoms. The highest BCUT2D eigenvalue weighted by molar-refractivity contribution is 5.22. The van der Waals surface area contributed by atoms with Crippen LogP contribution in [0.15, 0.2) is 42.7 Å². The molecular weight excluding hydrogens is 222 g/mol. The van der Waals surface area contributed by atoms with Crippen LogP contribution in [0.4, 0.5) is 8.78 Å². The molecular formula is C13H12F2N2. The first-order valence-corrected chi connectivity index (χ1v) is 5.25. The fraction of sp³-hybridized carbons (Fsp3) is 0.154. The van der Waals surface area contributed by atoms with Crippen molar-refractivity contribution < 1.29 is 8.78 Å². The average molecular weight is 234 g/mol.